The van der Waals surface area contributed by atoms with Crippen LogP contribution in [0, 0.1) is 0 Å². The maximum absolute atomic E-state index is 12.2. The van der Waals surface area contributed by atoms with Crippen LogP contribution < -0.4 is 4.74 Å². The van der Waals surface area contributed by atoms with Crippen molar-refractivity contribution in [3.63, 3.8) is 0 Å². The highest BCUT2D eigenvalue weighted by atomic mass is 79.9. The zero-order chi connectivity index (χ0) is 15.0. The van der Waals surface area contributed by atoms with Gasteiger partial charge in [-0.25, -0.2) is 9.97 Å². The van der Waals surface area contributed by atoms with E-state index in [0.29, 0.717) is 21.6 Å². The number of fused-ring (bicyclic) bond motifs is 1. The van der Waals surface area contributed by atoms with Crippen molar-refractivity contribution in [2.45, 2.75) is 6.36 Å². The van der Waals surface area contributed by atoms with E-state index in [4.69, 9.17) is 0 Å². The molecule has 3 heterocycles. The van der Waals surface area contributed by atoms with Crippen LogP contribution in [0.1, 0.15) is 0 Å². The summed E-state index contributed by atoms with van der Waals surface area (Å²) in [5.74, 6) is -0.311. The zero-order valence-corrected chi connectivity index (χ0v) is 11.9. The zero-order valence-electron chi connectivity index (χ0n) is 10.3. The predicted octanol–water partition coefficient (Wildman–Crippen LogP) is 4.06. The first-order valence-electron chi connectivity index (χ1n) is 5.78. The largest absolute Gasteiger partial charge is 0.573 e. The van der Waals surface area contributed by atoms with Gasteiger partial charge in [-0.05, 0) is 34.1 Å². The fraction of sp³-hybridized carbons (Fsp3) is 0.0769. The molecule has 0 N–H and O–H groups in total. The Morgan fingerprint density at radius 3 is 2.62 bits per heavy atom. The first kappa shape index (κ1) is 13.9. The number of rotatable bonds is 2. The Morgan fingerprint density at radius 2 is 1.90 bits per heavy atom. The fourth-order valence-corrected chi connectivity index (χ4v) is 2.18. The summed E-state index contributed by atoms with van der Waals surface area (Å²) in [4.78, 5) is 8.50. The molecule has 21 heavy (non-hydrogen) atoms. The lowest BCUT2D eigenvalue weighted by molar-refractivity contribution is -0.274. The van der Waals surface area contributed by atoms with E-state index in [1.54, 1.807) is 28.8 Å². The molecule has 0 saturated heterocycles. The van der Waals surface area contributed by atoms with Gasteiger partial charge in [0.25, 0.3) is 0 Å². The summed E-state index contributed by atoms with van der Waals surface area (Å²) in [6.07, 6.45) is -1.59. The Labute approximate surface area is 125 Å². The van der Waals surface area contributed by atoms with Crippen molar-refractivity contribution in [1.82, 2.24) is 14.4 Å². The molecule has 0 radical (unpaired) electrons. The Hall–Kier alpha value is -2.09. The molecule has 0 saturated carbocycles. The van der Waals surface area contributed by atoms with Crippen molar-refractivity contribution in [2.24, 2.45) is 0 Å². The van der Waals surface area contributed by atoms with Crippen LogP contribution >= 0.6 is 15.9 Å². The van der Waals surface area contributed by atoms with Gasteiger partial charge in [-0.15, -0.1) is 13.2 Å². The van der Waals surface area contributed by atoms with E-state index in [-0.39, 0.29) is 5.75 Å². The third kappa shape index (κ3) is 3.15. The van der Waals surface area contributed by atoms with Crippen LogP contribution in [0.2, 0.25) is 0 Å². The van der Waals surface area contributed by atoms with E-state index < -0.39 is 6.36 Å². The van der Waals surface area contributed by atoms with Crippen LogP contribution in [0.15, 0.2) is 47.3 Å². The van der Waals surface area contributed by atoms with E-state index in [0.717, 1.165) is 0 Å². The van der Waals surface area contributed by atoms with Crippen molar-refractivity contribution in [3.05, 3.63) is 47.3 Å². The summed E-state index contributed by atoms with van der Waals surface area (Å²) in [6, 6.07) is 7.78. The molecule has 4 nitrogen and oxygen atoms in total. The van der Waals surface area contributed by atoms with Crippen molar-refractivity contribution in [1.29, 1.82) is 0 Å². The van der Waals surface area contributed by atoms with Crippen LogP contribution in [0.4, 0.5) is 13.2 Å². The molecule has 0 bridgehead atoms. The quantitative estimate of drug-likeness (QED) is 0.649. The third-order valence-electron chi connectivity index (χ3n) is 2.64. The van der Waals surface area contributed by atoms with E-state index in [1.165, 1.54) is 18.3 Å². The van der Waals surface area contributed by atoms with Gasteiger partial charge in [-0.1, -0.05) is 6.07 Å². The highest BCUT2D eigenvalue weighted by Gasteiger charge is 2.31. The lowest BCUT2D eigenvalue weighted by Gasteiger charge is -2.08. The van der Waals surface area contributed by atoms with Crippen molar-refractivity contribution < 1.29 is 17.9 Å². The molecular weight excluding hydrogens is 351 g/mol. The summed E-state index contributed by atoms with van der Waals surface area (Å²) < 4.78 is 42.7. The molecule has 0 aliphatic rings. The van der Waals surface area contributed by atoms with Gasteiger partial charge in [0.1, 0.15) is 21.7 Å². The third-order valence-corrected chi connectivity index (χ3v) is 3.08. The average Bonchev–Trinajstić information content (AvgIpc) is 2.80. The molecule has 108 valence electrons. The summed E-state index contributed by atoms with van der Waals surface area (Å²) in [5, 5.41) is 0. The molecule has 3 aromatic heterocycles. The fourth-order valence-electron chi connectivity index (χ4n) is 1.83. The highest BCUT2D eigenvalue weighted by molar-refractivity contribution is 9.10. The molecule has 3 rings (SSSR count). The predicted molar refractivity (Wildman–Crippen MR) is 72.8 cm³/mol. The molecule has 0 aliphatic carbocycles. The molecular formula is C13H7BrF3N3O. The standard InChI is InChI=1S/C13H7BrF3N3O/c14-11-3-1-2-9(18-11)10-7-20-5-4-8(6-12(20)19-10)21-13(15,16)17/h1-7H. The van der Waals surface area contributed by atoms with Gasteiger partial charge >= 0.3 is 6.36 Å². The Bertz CT molecular complexity index is 801. The molecule has 0 spiro atoms. The number of pyridine rings is 2. The van der Waals surface area contributed by atoms with Crippen LogP contribution in [0.5, 0.6) is 5.75 Å². The summed E-state index contributed by atoms with van der Waals surface area (Å²) in [5.41, 5.74) is 1.51. The van der Waals surface area contributed by atoms with E-state index >= 15 is 0 Å². The number of alkyl halides is 3. The Morgan fingerprint density at radius 1 is 1.10 bits per heavy atom. The summed E-state index contributed by atoms with van der Waals surface area (Å²) in [7, 11) is 0. The van der Waals surface area contributed by atoms with Crippen molar-refractivity contribution in [3.8, 4) is 17.1 Å². The maximum Gasteiger partial charge on any atom is 0.573 e. The number of imidazole rings is 1. The first-order chi connectivity index (χ1) is 9.90. The maximum atomic E-state index is 12.2. The second kappa shape index (κ2) is 5.03. The molecule has 0 aromatic carbocycles. The summed E-state index contributed by atoms with van der Waals surface area (Å²) in [6.45, 7) is 0. The molecule has 3 aromatic rings. The minimum absolute atomic E-state index is 0.311. The number of ether oxygens (including phenoxy) is 1. The van der Waals surface area contributed by atoms with Crippen molar-refractivity contribution in [2.75, 3.05) is 0 Å². The number of halogens is 4. The molecule has 0 atom stereocenters. The number of hydrogen-bond acceptors (Lipinski definition) is 3. The van der Waals surface area contributed by atoms with Crippen LogP contribution in [0.3, 0.4) is 0 Å². The number of aromatic nitrogens is 3. The highest BCUT2D eigenvalue weighted by Crippen LogP contribution is 2.25. The van der Waals surface area contributed by atoms with Gasteiger partial charge in [-0.3, -0.25) is 0 Å². The monoisotopic (exact) mass is 357 g/mol. The molecule has 8 heteroatoms. The molecule has 0 fully saturated rings. The van der Waals surface area contributed by atoms with Gasteiger partial charge in [-0.2, -0.15) is 0 Å². The van der Waals surface area contributed by atoms with Crippen molar-refractivity contribution >= 4 is 21.6 Å². The van der Waals surface area contributed by atoms with Crippen LogP contribution in [-0.4, -0.2) is 20.7 Å². The molecule has 0 unspecified atom stereocenters. The SMILES string of the molecule is FC(F)(F)Oc1ccn2cc(-c3cccc(Br)n3)nc2c1. The van der Waals surface area contributed by atoms with E-state index in [2.05, 4.69) is 30.6 Å². The van der Waals surface area contributed by atoms with Gasteiger partial charge in [0.15, 0.2) is 0 Å². The molecule has 0 amide bonds. The lowest BCUT2D eigenvalue weighted by atomic mass is 10.3. The van der Waals surface area contributed by atoms with E-state index in [1.807, 2.05) is 0 Å². The average molecular weight is 358 g/mol. The normalized spacial score (nSPS) is 11.8. The minimum Gasteiger partial charge on any atom is -0.406 e. The minimum atomic E-state index is -4.72. The van der Waals surface area contributed by atoms with Crippen LogP contribution in [-0.2, 0) is 0 Å². The lowest BCUT2D eigenvalue weighted by Crippen LogP contribution is -2.17. The van der Waals surface area contributed by atoms with Crippen LogP contribution in [0.25, 0.3) is 17.0 Å². The van der Waals surface area contributed by atoms with E-state index in [9.17, 15) is 13.2 Å². The number of hydrogen-bond donors (Lipinski definition) is 0. The molecule has 0 aliphatic heterocycles. The van der Waals surface area contributed by atoms with Gasteiger partial charge in [0, 0.05) is 18.5 Å². The van der Waals surface area contributed by atoms with Gasteiger partial charge < -0.3 is 9.14 Å². The summed E-state index contributed by atoms with van der Waals surface area (Å²) >= 11 is 3.26. The van der Waals surface area contributed by atoms with Gasteiger partial charge in [0.2, 0.25) is 0 Å². The first-order valence-corrected chi connectivity index (χ1v) is 6.57. The van der Waals surface area contributed by atoms with Gasteiger partial charge in [0.05, 0.1) is 5.69 Å². The second-order valence-electron chi connectivity index (χ2n) is 4.15. The smallest absolute Gasteiger partial charge is 0.406 e. The Balaban J connectivity index is 2.00. The second-order valence-corrected chi connectivity index (χ2v) is 4.96. The Kier molecular flexibility index (Phi) is 3.32. The topological polar surface area (TPSA) is 39.4 Å². The number of nitrogens with zero attached hydrogens (tertiary/aromatic N) is 3.